The van der Waals surface area contributed by atoms with E-state index in [1.54, 1.807) is 54.6 Å². The van der Waals surface area contributed by atoms with Crippen molar-refractivity contribution in [1.29, 1.82) is 0 Å². The smallest absolute Gasteiger partial charge is 0.262 e. The first-order valence-corrected chi connectivity index (χ1v) is 10.6. The van der Waals surface area contributed by atoms with E-state index in [0.717, 1.165) is 11.1 Å². The van der Waals surface area contributed by atoms with E-state index in [1.807, 2.05) is 19.9 Å². The van der Waals surface area contributed by atoms with Crippen LogP contribution >= 0.6 is 23.2 Å². The maximum absolute atomic E-state index is 13.2. The van der Waals surface area contributed by atoms with Gasteiger partial charge in [-0.3, -0.25) is 9.59 Å². The maximum Gasteiger partial charge on any atom is 0.262 e. The van der Waals surface area contributed by atoms with Crippen LogP contribution in [0.5, 0.6) is 5.75 Å². The van der Waals surface area contributed by atoms with Crippen LogP contribution in [0.15, 0.2) is 69.9 Å². The molecule has 0 aliphatic heterocycles. The number of benzene rings is 3. The van der Waals surface area contributed by atoms with E-state index >= 15 is 0 Å². The zero-order valence-electron chi connectivity index (χ0n) is 17.4. The second-order valence-electron chi connectivity index (χ2n) is 7.39. The summed E-state index contributed by atoms with van der Waals surface area (Å²) in [4.78, 5) is 25.7. The average molecular weight is 468 g/mol. The van der Waals surface area contributed by atoms with Crippen LogP contribution < -0.4 is 15.5 Å². The van der Waals surface area contributed by atoms with Crippen molar-refractivity contribution in [3.8, 4) is 17.1 Å². The van der Waals surface area contributed by atoms with Crippen LogP contribution in [-0.4, -0.2) is 12.5 Å². The van der Waals surface area contributed by atoms with Gasteiger partial charge in [0, 0.05) is 21.3 Å². The van der Waals surface area contributed by atoms with Gasteiger partial charge in [0.25, 0.3) is 5.91 Å². The molecule has 4 aromatic rings. The molecule has 0 bridgehead atoms. The highest BCUT2D eigenvalue weighted by atomic mass is 35.5. The zero-order chi connectivity index (χ0) is 22.8. The first-order chi connectivity index (χ1) is 15.3. The number of aryl methyl sites for hydroxylation is 2. The van der Waals surface area contributed by atoms with Gasteiger partial charge in [-0.1, -0.05) is 29.3 Å². The number of hydrogen-bond donors (Lipinski definition) is 1. The van der Waals surface area contributed by atoms with Gasteiger partial charge < -0.3 is 14.5 Å². The number of rotatable bonds is 5. The molecule has 0 atom stereocenters. The minimum atomic E-state index is -0.416. The summed E-state index contributed by atoms with van der Waals surface area (Å²) >= 11 is 12.0. The van der Waals surface area contributed by atoms with Crippen molar-refractivity contribution in [2.24, 2.45) is 0 Å². The van der Waals surface area contributed by atoms with E-state index in [9.17, 15) is 9.59 Å². The Bertz CT molecular complexity index is 1380. The number of hydrogen-bond acceptors (Lipinski definition) is 4. The normalized spacial score (nSPS) is 10.9. The minimum Gasteiger partial charge on any atom is -0.476 e. The van der Waals surface area contributed by atoms with Crippen LogP contribution in [0.3, 0.4) is 0 Å². The monoisotopic (exact) mass is 467 g/mol. The topological polar surface area (TPSA) is 68.5 Å². The van der Waals surface area contributed by atoms with Gasteiger partial charge >= 0.3 is 0 Å². The van der Waals surface area contributed by atoms with Crippen molar-refractivity contribution in [2.75, 3.05) is 11.9 Å². The fraction of sp³-hybridized carbons (Fsp3) is 0.120. The Balaban J connectivity index is 1.68. The second-order valence-corrected chi connectivity index (χ2v) is 8.26. The summed E-state index contributed by atoms with van der Waals surface area (Å²) in [5.74, 6) is -0.215. The second kappa shape index (κ2) is 9.07. The largest absolute Gasteiger partial charge is 0.476 e. The molecule has 3 aromatic carbocycles. The van der Waals surface area contributed by atoms with Crippen molar-refractivity contribution in [1.82, 2.24) is 0 Å². The molecule has 0 aliphatic rings. The third kappa shape index (κ3) is 4.64. The van der Waals surface area contributed by atoms with Crippen LogP contribution in [0.2, 0.25) is 10.0 Å². The fourth-order valence-corrected chi connectivity index (χ4v) is 3.65. The molecule has 1 aromatic heterocycles. The molecule has 0 aliphatic carbocycles. The first-order valence-electron chi connectivity index (χ1n) is 9.84. The Labute approximate surface area is 194 Å². The fourth-order valence-electron chi connectivity index (χ4n) is 3.30. The molecular formula is C25H19Cl2NO4. The molecule has 1 amide bonds. The lowest BCUT2D eigenvalue weighted by Gasteiger charge is -2.13. The van der Waals surface area contributed by atoms with E-state index in [1.165, 1.54) is 0 Å². The summed E-state index contributed by atoms with van der Waals surface area (Å²) < 4.78 is 11.8. The van der Waals surface area contributed by atoms with E-state index in [4.69, 9.17) is 32.4 Å². The summed E-state index contributed by atoms with van der Waals surface area (Å²) in [5.41, 5.74) is 3.07. The Morgan fingerprint density at radius 2 is 1.69 bits per heavy atom. The SMILES string of the molecule is Cc1ccc2c(=O)c(OCC(=O)Nc3ccc(Cl)cc3C)c(-c3ccc(Cl)cc3)oc2c1. The highest BCUT2D eigenvalue weighted by Crippen LogP contribution is 2.32. The van der Waals surface area contributed by atoms with Gasteiger partial charge in [0.2, 0.25) is 11.2 Å². The summed E-state index contributed by atoms with van der Waals surface area (Å²) in [5, 5.41) is 4.26. The molecule has 7 heteroatoms. The van der Waals surface area contributed by atoms with Gasteiger partial charge in [-0.2, -0.15) is 0 Å². The summed E-state index contributed by atoms with van der Waals surface area (Å²) in [7, 11) is 0. The third-order valence-corrected chi connectivity index (χ3v) is 5.41. The molecule has 0 spiro atoms. The molecule has 5 nitrogen and oxygen atoms in total. The predicted octanol–water partition coefficient (Wildman–Crippen LogP) is 6.40. The van der Waals surface area contributed by atoms with Crippen molar-refractivity contribution < 1.29 is 13.9 Å². The molecule has 162 valence electrons. The van der Waals surface area contributed by atoms with Gasteiger partial charge in [-0.05, 0) is 79.6 Å². The molecule has 0 unspecified atom stereocenters. The van der Waals surface area contributed by atoms with E-state index in [0.29, 0.717) is 32.3 Å². The Kier molecular flexibility index (Phi) is 6.21. The van der Waals surface area contributed by atoms with Crippen molar-refractivity contribution in [3.05, 3.63) is 92.1 Å². The molecule has 1 N–H and O–H groups in total. The average Bonchev–Trinajstić information content (AvgIpc) is 2.75. The number of fused-ring (bicyclic) bond motifs is 1. The molecule has 0 saturated heterocycles. The highest BCUT2D eigenvalue weighted by molar-refractivity contribution is 6.31. The number of carbonyl (C=O) groups is 1. The highest BCUT2D eigenvalue weighted by Gasteiger charge is 2.19. The first kappa shape index (κ1) is 21.9. The van der Waals surface area contributed by atoms with E-state index in [-0.39, 0.29) is 23.5 Å². The van der Waals surface area contributed by atoms with Crippen molar-refractivity contribution in [3.63, 3.8) is 0 Å². The number of nitrogens with one attached hydrogen (secondary N) is 1. The van der Waals surface area contributed by atoms with E-state index < -0.39 is 5.91 Å². The van der Waals surface area contributed by atoms with Crippen LogP contribution in [0.25, 0.3) is 22.3 Å². The van der Waals surface area contributed by atoms with Gasteiger partial charge in [-0.25, -0.2) is 0 Å². The van der Waals surface area contributed by atoms with Gasteiger partial charge in [-0.15, -0.1) is 0 Å². The number of amides is 1. The molecule has 4 rings (SSSR count). The quantitative estimate of drug-likeness (QED) is 0.368. The van der Waals surface area contributed by atoms with Gasteiger partial charge in [0.1, 0.15) is 5.58 Å². The number of anilines is 1. The van der Waals surface area contributed by atoms with Gasteiger partial charge in [0.05, 0.1) is 5.39 Å². The molecular weight excluding hydrogens is 449 g/mol. The summed E-state index contributed by atoms with van der Waals surface area (Å²) in [6, 6.07) is 17.3. The van der Waals surface area contributed by atoms with Crippen molar-refractivity contribution in [2.45, 2.75) is 13.8 Å². The van der Waals surface area contributed by atoms with Crippen LogP contribution in [0.4, 0.5) is 5.69 Å². The standard InChI is InChI=1S/C25H19Cl2NO4/c1-14-3-9-19-21(11-14)32-24(16-4-6-17(26)7-5-16)25(23(19)30)31-13-22(29)28-20-10-8-18(27)12-15(20)2/h3-12H,13H2,1-2H3,(H,28,29). The predicted molar refractivity (Wildman–Crippen MR) is 128 cm³/mol. The number of carbonyl (C=O) groups excluding carboxylic acids is 1. The Morgan fingerprint density at radius 1 is 0.969 bits per heavy atom. The molecule has 32 heavy (non-hydrogen) atoms. The zero-order valence-corrected chi connectivity index (χ0v) is 18.9. The van der Waals surface area contributed by atoms with E-state index in [2.05, 4.69) is 5.32 Å². The van der Waals surface area contributed by atoms with Gasteiger partial charge in [0.15, 0.2) is 12.4 Å². The Hall–Kier alpha value is -3.28. The Morgan fingerprint density at radius 3 is 2.41 bits per heavy atom. The lowest BCUT2D eigenvalue weighted by atomic mass is 10.1. The van der Waals surface area contributed by atoms with Crippen LogP contribution in [-0.2, 0) is 4.79 Å². The lowest BCUT2D eigenvalue weighted by Crippen LogP contribution is -2.23. The number of halogens is 2. The third-order valence-electron chi connectivity index (χ3n) is 4.92. The number of ether oxygens (including phenoxy) is 1. The summed E-state index contributed by atoms with van der Waals surface area (Å²) in [6.07, 6.45) is 0. The lowest BCUT2D eigenvalue weighted by molar-refractivity contribution is -0.118. The molecule has 0 saturated carbocycles. The maximum atomic E-state index is 13.2. The molecule has 0 fully saturated rings. The molecule has 0 radical (unpaired) electrons. The van der Waals surface area contributed by atoms with Crippen LogP contribution in [0.1, 0.15) is 11.1 Å². The summed E-state index contributed by atoms with van der Waals surface area (Å²) in [6.45, 7) is 3.38. The van der Waals surface area contributed by atoms with Crippen LogP contribution in [0, 0.1) is 13.8 Å². The molecule has 1 heterocycles. The minimum absolute atomic E-state index is 0.0355. The van der Waals surface area contributed by atoms with Crippen molar-refractivity contribution >= 4 is 45.8 Å².